The average molecular weight is 350 g/mol. The zero-order valence-corrected chi connectivity index (χ0v) is 14.4. The Morgan fingerprint density at radius 3 is 2.83 bits per heavy atom. The number of benzene rings is 1. The Morgan fingerprint density at radius 1 is 1.42 bits per heavy atom. The van der Waals surface area contributed by atoms with Crippen LogP contribution in [0.25, 0.3) is 0 Å². The van der Waals surface area contributed by atoms with Crippen LogP contribution in [-0.2, 0) is 11.8 Å². The molecule has 1 fully saturated rings. The van der Waals surface area contributed by atoms with E-state index in [0.29, 0.717) is 30.5 Å². The number of halogens is 1. The van der Waals surface area contributed by atoms with E-state index in [1.54, 1.807) is 15.8 Å². The van der Waals surface area contributed by atoms with E-state index in [1.807, 2.05) is 38.2 Å². The van der Waals surface area contributed by atoms with Gasteiger partial charge in [-0.15, -0.1) is 10.2 Å². The smallest absolute Gasteiger partial charge is 0.318 e. The fourth-order valence-corrected chi connectivity index (χ4v) is 2.86. The summed E-state index contributed by atoms with van der Waals surface area (Å²) in [7, 11) is 1.85. The van der Waals surface area contributed by atoms with E-state index in [4.69, 9.17) is 16.3 Å². The van der Waals surface area contributed by atoms with Crippen LogP contribution in [0.3, 0.4) is 0 Å². The molecule has 1 aromatic heterocycles. The third kappa shape index (κ3) is 3.68. The Kier molecular flexibility index (Phi) is 5.01. The summed E-state index contributed by atoms with van der Waals surface area (Å²) in [6.45, 7) is 3.44. The summed E-state index contributed by atoms with van der Waals surface area (Å²) in [5.41, 5.74) is 1.01. The maximum Gasteiger partial charge on any atom is 0.318 e. The lowest BCUT2D eigenvalue weighted by Gasteiger charge is -2.33. The van der Waals surface area contributed by atoms with E-state index >= 15 is 0 Å². The van der Waals surface area contributed by atoms with Crippen molar-refractivity contribution in [1.29, 1.82) is 0 Å². The van der Waals surface area contributed by atoms with Crippen LogP contribution in [0.2, 0.25) is 5.02 Å². The maximum absolute atomic E-state index is 12.5. The number of urea groups is 1. The normalized spacial score (nSPS) is 19.1. The molecule has 0 radical (unpaired) electrons. The number of nitrogens with zero attached hydrogens (tertiary/aromatic N) is 4. The van der Waals surface area contributed by atoms with Crippen molar-refractivity contribution in [2.75, 3.05) is 19.7 Å². The predicted octanol–water partition coefficient (Wildman–Crippen LogP) is 2.31. The van der Waals surface area contributed by atoms with Crippen molar-refractivity contribution in [3.8, 4) is 0 Å². The summed E-state index contributed by atoms with van der Waals surface area (Å²) < 4.78 is 7.58. The number of amides is 2. The van der Waals surface area contributed by atoms with Crippen LogP contribution >= 0.6 is 11.6 Å². The first-order valence-corrected chi connectivity index (χ1v) is 8.19. The van der Waals surface area contributed by atoms with Gasteiger partial charge in [0, 0.05) is 18.6 Å². The van der Waals surface area contributed by atoms with Crippen molar-refractivity contribution in [3.05, 3.63) is 47.0 Å². The van der Waals surface area contributed by atoms with Crippen molar-refractivity contribution < 1.29 is 9.53 Å². The molecule has 0 spiro atoms. The summed E-state index contributed by atoms with van der Waals surface area (Å²) in [6, 6.07) is 7.16. The molecule has 2 atom stereocenters. The van der Waals surface area contributed by atoms with Crippen LogP contribution in [-0.4, -0.2) is 45.4 Å². The van der Waals surface area contributed by atoms with Gasteiger partial charge in [0.2, 0.25) is 0 Å². The minimum Gasteiger partial charge on any atom is -0.370 e. The van der Waals surface area contributed by atoms with Crippen LogP contribution in [0.15, 0.2) is 30.6 Å². The van der Waals surface area contributed by atoms with Crippen molar-refractivity contribution >= 4 is 17.6 Å². The molecule has 1 N–H and O–H groups in total. The first-order valence-electron chi connectivity index (χ1n) is 7.81. The van der Waals surface area contributed by atoms with Gasteiger partial charge in [0.15, 0.2) is 5.82 Å². The molecule has 2 heterocycles. The first kappa shape index (κ1) is 16.7. The van der Waals surface area contributed by atoms with Crippen LogP contribution in [0.5, 0.6) is 0 Å². The number of carbonyl (C=O) groups is 1. The van der Waals surface area contributed by atoms with Crippen molar-refractivity contribution in [2.24, 2.45) is 7.05 Å². The zero-order chi connectivity index (χ0) is 17.1. The number of rotatable bonds is 3. The topological polar surface area (TPSA) is 72.3 Å². The molecule has 1 aromatic carbocycles. The lowest BCUT2D eigenvalue weighted by atomic mass is 10.1. The molecular formula is C16H20ClN5O2. The highest BCUT2D eigenvalue weighted by Crippen LogP contribution is 2.24. The summed E-state index contributed by atoms with van der Waals surface area (Å²) in [6.07, 6.45) is 1.47. The molecule has 1 aliphatic rings. The molecule has 0 bridgehead atoms. The zero-order valence-electron chi connectivity index (χ0n) is 13.6. The predicted molar refractivity (Wildman–Crippen MR) is 89.7 cm³/mol. The van der Waals surface area contributed by atoms with Crippen molar-refractivity contribution in [3.63, 3.8) is 0 Å². The lowest BCUT2D eigenvalue weighted by molar-refractivity contribution is -0.0157. The molecule has 2 amide bonds. The number of aryl methyl sites for hydroxylation is 1. The number of hydrogen-bond donors (Lipinski definition) is 1. The van der Waals surface area contributed by atoms with E-state index < -0.39 is 0 Å². The van der Waals surface area contributed by atoms with Gasteiger partial charge in [0.1, 0.15) is 12.4 Å². The number of aromatic nitrogens is 3. The number of ether oxygens (including phenoxy) is 1. The van der Waals surface area contributed by atoms with E-state index in [9.17, 15) is 4.79 Å². The molecule has 1 aliphatic heterocycles. The fourth-order valence-electron chi connectivity index (χ4n) is 2.74. The fraction of sp³-hybridized carbons (Fsp3) is 0.438. The summed E-state index contributed by atoms with van der Waals surface area (Å²) >= 11 is 5.92. The van der Waals surface area contributed by atoms with Gasteiger partial charge in [0.25, 0.3) is 0 Å². The highest BCUT2D eigenvalue weighted by atomic mass is 35.5. The Balaban J connectivity index is 1.62. The summed E-state index contributed by atoms with van der Waals surface area (Å²) in [5, 5.41) is 11.5. The van der Waals surface area contributed by atoms with Crippen molar-refractivity contribution in [2.45, 2.75) is 19.1 Å². The van der Waals surface area contributed by atoms with Gasteiger partial charge in [-0.1, -0.05) is 23.7 Å². The molecule has 0 unspecified atom stereocenters. The van der Waals surface area contributed by atoms with Gasteiger partial charge in [-0.25, -0.2) is 4.79 Å². The Morgan fingerprint density at radius 2 is 2.17 bits per heavy atom. The Labute approximate surface area is 145 Å². The summed E-state index contributed by atoms with van der Waals surface area (Å²) in [5.74, 6) is 0.714. The average Bonchev–Trinajstić information content (AvgIpc) is 3.02. The Hall–Kier alpha value is -2.12. The second-order valence-corrected chi connectivity index (χ2v) is 6.26. The molecule has 1 saturated heterocycles. The van der Waals surface area contributed by atoms with Gasteiger partial charge in [-0.2, -0.15) is 0 Å². The monoisotopic (exact) mass is 349 g/mol. The highest BCUT2D eigenvalue weighted by molar-refractivity contribution is 6.30. The number of morpholine rings is 1. The van der Waals surface area contributed by atoms with Gasteiger partial charge < -0.3 is 19.5 Å². The molecule has 0 aliphatic carbocycles. The first-order chi connectivity index (χ1) is 11.5. The molecular weight excluding hydrogens is 330 g/mol. The standard InChI is InChI=1S/C16H20ClN5O2/c1-11(15-20-18-10-21(15)2)19-16(23)22-7-8-24-14(9-22)12-3-5-13(17)6-4-12/h3-6,10-11,14H,7-9H2,1-2H3,(H,19,23)/t11-,14-/m1/s1. The van der Waals surface area contributed by atoms with Gasteiger partial charge in [-0.05, 0) is 24.6 Å². The van der Waals surface area contributed by atoms with E-state index in [-0.39, 0.29) is 18.2 Å². The van der Waals surface area contributed by atoms with Gasteiger partial charge in [0.05, 0.1) is 19.2 Å². The molecule has 3 rings (SSSR count). The molecule has 128 valence electrons. The minimum atomic E-state index is -0.221. The van der Waals surface area contributed by atoms with E-state index in [0.717, 1.165) is 5.56 Å². The second kappa shape index (κ2) is 7.19. The second-order valence-electron chi connectivity index (χ2n) is 5.83. The van der Waals surface area contributed by atoms with Gasteiger partial charge >= 0.3 is 6.03 Å². The van der Waals surface area contributed by atoms with Crippen molar-refractivity contribution in [1.82, 2.24) is 25.0 Å². The van der Waals surface area contributed by atoms with E-state index in [1.165, 1.54) is 0 Å². The van der Waals surface area contributed by atoms with Crippen LogP contribution in [0, 0.1) is 0 Å². The third-order valence-electron chi connectivity index (χ3n) is 4.07. The van der Waals surface area contributed by atoms with Crippen LogP contribution in [0.4, 0.5) is 4.79 Å². The number of nitrogens with one attached hydrogen (secondary N) is 1. The largest absolute Gasteiger partial charge is 0.370 e. The number of carbonyl (C=O) groups excluding carboxylic acids is 1. The highest BCUT2D eigenvalue weighted by Gasteiger charge is 2.26. The third-order valence-corrected chi connectivity index (χ3v) is 4.32. The van der Waals surface area contributed by atoms with Crippen LogP contribution in [0.1, 0.15) is 30.5 Å². The van der Waals surface area contributed by atoms with E-state index in [2.05, 4.69) is 15.5 Å². The minimum absolute atomic E-state index is 0.132. The molecule has 8 heteroatoms. The maximum atomic E-state index is 12.5. The summed E-state index contributed by atoms with van der Waals surface area (Å²) in [4.78, 5) is 14.3. The SMILES string of the molecule is C[C@@H](NC(=O)N1CCO[C@@H](c2ccc(Cl)cc2)C1)c1nncn1C. The van der Waals surface area contributed by atoms with Gasteiger partial charge in [-0.3, -0.25) is 0 Å². The molecule has 7 nitrogen and oxygen atoms in total. The molecule has 2 aromatic rings. The Bertz CT molecular complexity index is 703. The lowest BCUT2D eigenvalue weighted by Crippen LogP contribution is -2.47. The number of hydrogen-bond acceptors (Lipinski definition) is 4. The quantitative estimate of drug-likeness (QED) is 0.923. The molecule has 0 saturated carbocycles. The molecule has 24 heavy (non-hydrogen) atoms. The van der Waals surface area contributed by atoms with Crippen LogP contribution < -0.4 is 5.32 Å².